The molecule has 0 fully saturated rings. The highest BCUT2D eigenvalue weighted by Gasteiger charge is 2.03. The van der Waals surface area contributed by atoms with Crippen LogP contribution in [0.4, 0.5) is 0 Å². The van der Waals surface area contributed by atoms with Crippen LogP contribution in [-0.4, -0.2) is 33.4 Å². The lowest BCUT2D eigenvalue weighted by atomic mass is 10.1. The van der Waals surface area contributed by atoms with Crippen molar-refractivity contribution in [3.05, 3.63) is 78.1 Å². The largest absolute Gasteiger partial charge is 0.411 e. The van der Waals surface area contributed by atoms with E-state index in [2.05, 4.69) is 16.7 Å². The molecule has 0 bridgehead atoms. The fourth-order valence-electron chi connectivity index (χ4n) is 1.74. The molecule has 0 saturated carbocycles. The normalized spacial score (nSPS) is 9.42. The third-order valence-electron chi connectivity index (χ3n) is 2.88. The van der Waals surface area contributed by atoms with Gasteiger partial charge in [-0.25, -0.2) is 0 Å². The van der Waals surface area contributed by atoms with Gasteiger partial charge in [0.2, 0.25) is 0 Å². The highest BCUT2D eigenvalue weighted by atomic mass is 16.5. The zero-order valence-electron chi connectivity index (χ0n) is 14.1. The second kappa shape index (κ2) is 13.0. The lowest BCUT2D eigenvalue weighted by molar-refractivity contribution is 0.229. The molecule has 6 nitrogen and oxygen atoms in total. The Morgan fingerprint density at radius 1 is 1.04 bits per heavy atom. The van der Waals surface area contributed by atoms with E-state index in [0.717, 1.165) is 16.8 Å². The molecule has 3 aromatic rings. The van der Waals surface area contributed by atoms with Crippen LogP contribution in [0.3, 0.4) is 0 Å². The SMILES string of the molecule is C#CCO.OCc1cc(-c2ccccc2)no1.ON=Cc1ccccc1. The van der Waals surface area contributed by atoms with Crippen molar-refractivity contribution in [2.24, 2.45) is 5.16 Å². The maximum Gasteiger partial charge on any atom is 0.162 e. The molecule has 6 heteroatoms. The second-order valence-electron chi connectivity index (χ2n) is 4.72. The van der Waals surface area contributed by atoms with Crippen molar-refractivity contribution in [1.29, 1.82) is 0 Å². The van der Waals surface area contributed by atoms with Crippen LogP contribution in [0.5, 0.6) is 0 Å². The summed E-state index contributed by atoms with van der Waals surface area (Å²) >= 11 is 0. The molecule has 1 heterocycles. The molecule has 0 aliphatic rings. The van der Waals surface area contributed by atoms with Gasteiger partial charge in [-0.15, -0.1) is 6.42 Å². The number of terminal acetylenes is 1. The molecule has 0 radical (unpaired) electrons. The van der Waals surface area contributed by atoms with Crippen molar-refractivity contribution in [2.75, 3.05) is 6.61 Å². The van der Waals surface area contributed by atoms with E-state index >= 15 is 0 Å². The Kier molecular flexibility index (Phi) is 10.3. The van der Waals surface area contributed by atoms with E-state index in [-0.39, 0.29) is 13.2 Å². The molecular weight excluding hydrogens is 332 g/mol. The summed E-state index contributed by atoms with van der Waals surface area (Å²) in [7, 11) is 0. The highest BCUT2D eigenvalue weighted by Crippen LogP contribution is 2.18. The molecule has 0 amide bonds. The molecule has 0 atom stereocenters. The topological polar surface area (TPSA) is 99.1 Å². The van der Waals surface area contributed by atoms with E-state index in [0.29, 0.717) is 5.76 Å². The number of aliphatic hydroxyl groups is 2. The van der Waals surface area contributed by atoms with Gasteiger partial charge >= 0.3 is 0 Å². The molecule has 1 aromatic heterocycles. The van der Waals surface area contributed by atoms with E-state index in [1.54, 1.807) is 6.07 Å². The number of hydrogen-bond acceptors (Lipinski definition) is 6. The number of nitrogens with zero attached hydrogens (tertiary/aromatic N) is 2. The minimum absolute atomic E-state index is 0.111. The smallest absolute Gasteiger partial charge is 0.162 e. The van der Waals surface area contributed by atoms with Gasteiger partial charge in [0, 0.05) is 11.6 Å². The summed E-state index contributed by atoms with van der Waals surface area (Å²) in [5.41, 5.74) is 2.65. The van der Waals surface area contributed by atoms with Gasteiger partial charge in [0.25, 0.3) is 0 Å². The van der Waals surface area contributed by atoms with E-state index < -0.39 is 0 Å². The Hall–Kier alpha value is -3.40. The van der Waals surface area contributed by atoms with Crippen LogP contribution in [0.25, 0.3) is 11.3 Å². The van der Waals surface area contributed by atoms with Crippen LogP contribution < -0.4 is 0 Å². The molecule has 0 spiro atoms. The van der Waals surface area contributed by atoms with Crippen LogP contribution in [-0.2, 0) is 6.61 Å². The van der Waals surface area contributed by atoms with Crippen molar-refractivity contribution in [1.82, 2.24) is 5.16 Å². The van der Waals surface area contributed by atoms with Crippen molar-refractivity contribution in [2.45, 2.75) is 6.61 Å². The molecule has 26 heavy (non-hydrogen) atoms. The van der Waals surface area contributed by atoms with Gasteiger partial charge in [-0.2, -0.15) is 0 Å². The quantitative estimate of drug-likeness (QED) is 0.291. The summed E-state index contributed by atoms with van der Waals surface area (Å²) in [5, 5.41) is 31.2. The molecule has 0 aliphatic heterocycles. The molecule has 0 unspecified atom stereocenters. The fourth-order valence-corrected chi connectivity index (χ4v) is 1.74. The summed E-state index contributed by atoms with van der Waals surface area (Å²) in [6, 6.07) is 20.8. The number of rotatable bonds is 3. The van der Waals surface area contributed by atoms with Crippen molar-refractivity contribution in [3.8, 4) is 23.6 Å². The summed E-state index contributed by atoms with van der Waals surface area (Å²) < 4.78 is 4.87. The van der Waals surface area contributed by atoms with Crippen LogP contribution >= 0.6 is 0 Å². The molecule has 0 saturated heterocycles. The standard InChI is InChI=1S/C10H9NO2.C7H7NO.C3H4O/c12-7-9-6-10(11-13-9)8-4-2-1-3-5-8;9-8-6-7-4-2-1-3-5-7;1-2-3-4/h1-6,12H,7H2;1-6,9H;1,4H,3H2. The monoisotopic (exact) mass is 352 g/mol. The minimum atomic E-state index is -0.153. The summed E-state index contributed by atoms with van der Waals surface area (Å²) in [5.74, 6) is 2.47. The number of benzene rings is 2. The van der Waals surface area contributed by atoms with Crippen LogP contribution in [0.2, 0.25) is 0 Å². The predicted octanol–water partition coefficient (Wildman–Crippen LogP) is 2.94. The van der Waals surface area contributed by atoms with Crippen molar-refractivity contribution in [3.63, 3.8) is 0 Å². The maximum absolute atomic E-state index is 8.76. The summed E-state index contributed by atoms with van der Waals surface area (Å²) in [6.45, 7) is -0.264. The van der Waals surface area contributed by atoms with Crippen LogP contribution in [0, 0.1) is 12.3 Å². The first-order valence-electron chi connectivity index (χ1n) is 7.63. The first-order chi connectivity index (χ1) is 12.7. The van der Waals surface area contributed by atoms with Gasteiger partial charge in [0.15, 0.2) is 5.76 Å². The second-order valence-corrected chi connectivity index (χ2v) is 4.72. The van der Waals surface area contributed by atoms with Crippen LogP contribution in [0.1, 0.15) is 11.3 Å². The first-order valence-corrected chi connectivity index (χ1v) is 7.63. The average molecular weight is 352 g/mol. The molecule has 0 aliphatic carbocycles. The van der Waals surface area contributed by atoms with Gasteiger partial charge in [0.1, 0.15) is 18.9 Å². The molecular formula is C20H20N2O4. The summed E-state index contributed by atoms with van der Waals surface area (Å²) in [4.78, 5) is 0. The number of oxime groups is 1. The number of aliphatic hydroxyl groups excluding tert-OH is 2. The van der Waals surface area contributed by atoms with Gasteiger partial charge in [-0.3, -0.25) is 0 Å². The van der Waals surface area contributed by atoms with E-state index in [4.69, 9.17) is 19.9 Å². The van der Waals surface area contributed by atoms with Crippen molar-refractivity contribution < 1.29 is 19.9 Å². The van der Waals surface area contributed by atoms with E-state index in [1.807, 2.05) is 66.6 Å². The Labute approximate surface area is 152 Å². The molecule has 3 rings (SSSR count). The van der Waals surface area contributed by atoms with Gasteiger partial charge in [0.05, 0.1) is 6.21 Å². The Bertz CT molecular complexity index is 793. The average Bonchev–Trinajstić information content (AvgIpc) is 3.20. The Balaban J connectivity index is 0.000000227. The zero-order chi connectivity index (χ0) is 19.0. The van der Waals surface area contributed by atoms with Gasteiger partial charge in [-0.05, 0) is 5.56 Å². The van der Waals surface area contributed by atoms with E-state index in [1.165, 1.54) is 6.21 Å². The zero-order valence-corrected chi connectivity index (χ0v) is 14.1. The predicted molar refractivity (Wildman–Crippen MR) is 99.6 cm³/mol. The number of hydrogen-bond donors (Lipinski definition) is 3. The summed E-state index contributed by atoms with van der Waals surface area (Å²) in [6.07, 6.45) is 5.92. The van der Waals surface area contributed by atoms with Crippen molar-refractivity contribution >= 4 is 6.21 Å². The first kappa shape index (κ1) is 20.6. The Morgan fingerprint density at radius 3 is 2.08 bits per heavy atom. The van der Waals surface area contributed by atoms with E-state index in [9.17, 15) is 0 Å². The Morgan fingerprint density at radius 2 is 1.62 bits per heavy atom. The third-order valence-corrected chi connectivity index (χ3v) is 2.88. The van der Waals surface area contributed by atoms with Gasteiger partial charge < -0.3 is 19.9 Å². The van der Waals surface area contributed by atoms with Crippen LogP contribution in [0.15, 0.2) is 76.4 Å². The molecule has 3 N–H and O–H groups in total. The minimum Gasteiger partial charge on any atom is -0.411 e. The molecule has 2 aromatic carbocycles. The maximum atomic E-state index is 8.76. The fraction of sp³-hybridized carbons (Fsp3) is 0.100. The lowest BCUT2D eigenvalue weighted by Gasteiger charge is -1.91. The van der Waals surface area contributed by atoms with Gasteiger partial charge in [-0.1, -0.05) is 76.9 Å². The lowest BCUT2D eigenvalue weighted by Crippen LogP contribution is -1.76. The third kappa shape index (κ3) is 7.93. The highest BCUT2D eigenvalue weighted by molar-refractivity contribution is 5.78. The number of aromatic nitrogens is 1. The molecule has 134 valence electrons.